The summed E-state index contributed by atoms with van der Waals surface area (Å²) in [5, 5.41) is 3.34. The number of hydrogen-bond donors (Lipinski definition) is 1. The Morgan fingerprint density at radius 3 is 2.75 bits per heavy atom. The molecule has 0 aliphatic heterocycles. The van der Waals surface area contributed by atoms with Crippen molar-refractivity contribution >= 4 is 31.9 Å². The van der Waals surface area contributed by atoms with E-state index in [4.69, 9.17) is 4.74 Å². The Labute approximate surface area is 114 Å². The normalized spacial score (nSPS) is 10.4. The molecule has 0 spiro atoms. The lowest BCUT2D eigenvalue weighted by Gasteiger charge is -2.09. The molecule has 0 bridgehead atoms. The van der Waals surface area contributed by atoms with Crippen LogP contribution < -0.4 is 10.1 Å². The molecule has 1 N–H and O–H groups in total. The number of ether oxygens (including phenoxy) is 1. The highest BCUT2D eigenvalue weighted by Gasteiger charge is 2.00. The molecule has 0 radical (unpaired) electrons. The monoisotopic (exact) mass is 349 g/mol. The van der Waals surface area contributed by atoms with E-state index in [2.05, 4.69) is 44.1 Å². The first-order valence-electron chi connectivity index (χ1n) is 5.52. The molecule has 0 amide bonds. The molecule has 0 fully saturated rings. The fourth-order valence-electron chi connectivity index (χ4n) is 1.25. The number of halogens is 2. The maximum absolute atomic E-state index is 5.64. The predicted molar refractivity (Wildman–Crippen MR) is 75.1 cm³/mol. The quantitative estimate of drug-likeness (QED) is 0.751. The van der Waals surface area contributed by atoms with Gasteiger partial charge in [-0.05, 0) is 47.1 Å². The van der Waals surface area contributed by atoms with E-state index in [0.29, 0.717) is 6.61 Å². The zero-order valence-electron chi connectivity index (χ0n) is 9.43. The summed E-state index contributed by atoms with van der Waals surface area (Å²) < 4.78 is 7.67. The highest BCUT2D eigenvalue weighted by molar-refractivity contribution is 9.11. The lowest BCUT2D eigenvalue weighted by atomic mass is 10.3. The van der Waals surface area contributed by atoms with Crippen LogP contribution in [0.2, 0.25) is 0 Å². The van der Waals surface area contributed by atoms with Gasteiger partial charge in [-0.2, -0.15) is 0 Å². The van der Waals surface area contributed by atoms with Crippen LogP contribution in [0.4, 0.5) is 0 Å². The summed E-state index contributed by atoms with van der Waals surface area (Å²) in [4.78, 5) is 0. The standard InChI is InChI=1S/C12H17Br2NO/c1-2-3-6-15-7-8-16-12-5-4-10(13)9-11(12)14/h4-5,9,15H,2-3,6-8H2,1H3. The van der Waals surface area contributed by atoms with Crippen LogP contribution in [0, 0.1) is 0 Å². The summed E-state index contributed by atoms with van der Waals surface area (Å²) in [7, 11) is 0. The first-order chi connectivity index (χ1) is 7.74. The van der Waals surface area contributed by atoms with Gasteiger partial charge in [-0.25, -0.2) is 0 Å². The third-order valence-electron chi connectivity index (χ3n) is 2.14. The minimum atomic E-state index is 0.698. The Kier molecular flexibility index (Phi) is 7.08. The van der Waals surface area contributed by atoms with E-state index in [1.807, 2.05) is 18.2 Å². The molecule has 1 rings (SSSR count). The number of unbranched alkanes of at least 4 members (excludes halogenated alkanes) is 1. The van der Waals surface area contributed by atoms with Gasteiger partial charge in [0.15, 0.2) is 0 Å². The molecular formula is C12H17Br2NO. The molecule has 4 heteroatoms. The van der Waals surface area contributed by atoms with Crippen LogP contribution in [0.1, 0.15) is 19.8 Å². The first kappa shape index (κ1) is 14.0. The fraction of sp³-hybridized carbons (Fsp3) is 0.500. The second-order valence-corrected chi connectivity index (χ2v) is 5.30. The predicted octanol–water partition coefficient (Wildman–Crippen LogP) is 3.98. The molecule has 0 aliphatic rings. The number of rotatable bonds is 7. The summed E-state index contributed by atoms with van der Waals surface area (Å²) in [6.45, 7) is 4.85. The largest absolute Gasteiger partial charge is 0.491 e. The summed E-state index contributed by atoms with van der Waals surface area (Å²) >= 11 is 6.87. The van der Waals surface area contributed by atoms with Crippen molar-refractivity contribution in [3.63, 3.8) is 0 Å². The van der Waals surface area contributed by atoms with Gasteiger partial charge < -0.3 is 10.1 Å². The van der Waals surface area contributed by atoms with Crippen LogP contribution in [-0.2, 0) is 0 Å². The zero-order valence-corrected chi connectivity index (χ0v) is 12.6. The van der Waals surface area contributed by atoms with Crippen molar-refractivity contribution in [2.24, 2.45) is 0 Å². The van der Waals surface area contributed by atoms with Gasteiger partial charge in [-0.3, -0.25) is 0 Å². The topological polar surface area (TPSA) is 21.3 Å². The van der Waals surface area contributed by atoms with E-state index in [0.717, 1.165) is 27.8 Å². The van der Waals surface area contributed by atoms with Crippen LogP contribution in [0.5, 0.6) is 5.75 Å². The van der Waals surface area contributed by atoms with Crippen molar-refractivity contribution in [2.75, 3.05) is 19.7 Å². The lowest BCUT2D eigenvalue weighted by molar-refractivity contribution is 0.312. The molecule has 0 aliphatic carbocycles. The summed E-state index contributed by atoms with van der Waals surface area (Å²) in [6, 6.07) is 5.92. The maximum atomic E-state index is 5.64. The van der Waals surface area contributed by atoms with Crippen molar-refractivity contribution in [1.82, 2.24) is 5.32 Å². The molecular weight excluding hydrogens is 334 g/mol. The Hall–Kier alpha value is -0.0600. The molecule has 0 saturated carbocycles. The second-order valence-electron chi connectivity index (χ2n) is 3.53. The second kappa shape index (κ2) is 8.09. The first-order valence-corrected chi connectivity index (χ1v) is 7.11. The van der Waals surface area contributed by atoms with E-state index in [1.54, 1.807) is 0 Å². The molecule has 0 aromatic heterocycles. The highest BCUT2D eigenvalue weighted by Crippen LogP contribution is 2.27. The fourth-order valence-corrected chi connectivity index (χ4v) is 2.41. The number of nitrogens with one attached hydrogen (secondary N) is 1. The van der Waals surface area contributed by atoms with Gasteiger partial charge in [0.05, 0.1) is 4.47 Å². The zero-order chi connectivity index (χ0) is 11.8. The van der Waals surface area contributed by atoms with Crippen molar-refractivity contribution < 1.29 is 4.74 Å². The summed E-state index contributed by atoms with van der Waals surface area (Å²) in [5.41, 5.74) is 0. The van der Waals surface area contributed by atoms with E-state index >= 15 is 0 Å². The van der Waals surface area contributed by atoms with Crippen molar-refractivity contribution in [1.29, 1.82) is 0 Å². The molecule has 1 aromatic carbocycles. The maximum Gasteiger partial charge on any atom is 0.133 e. The average molecular weight is 351 g/mol. The highest BCUT2D eigenvalue weighted by atomic mass is 79.9. The summed E-state index contributed by atoms with van der Waals surface area (Å²) in [6.07, 6.45) is 2.45. The van der Waals surface area contributed by atoms with E-state index < -0.39 is 0 Å². The van der Waals surface area contributed by atoms with E-state index in [9.17, 15) is 0 Å². The molecule has 90 valence electrons. The van der Waals surface area contributed by atoms with E-state index in [1.165, 1.54) is 12.8 Å². The Bertz CT molecular complexity index is 318. The van der Waals surface area contributed by atoms with Gasteiger partial charge in [0.1, 0.15) is 12.4 Å². The smallest absolute Gasteiger partial charge is 0.133 e. The third kappa shape index (κ3) is 5.32. The average Bonchev–Trinajstić information content (AvgIpc) is 2.26. The van der Waals surface area contributed by atoms with Gasteiger partial charge >= 0.3 is 0 Å². The van der Waals surface area contributed by atoms with Crippen molar-refractivity contribution in [2.45, 2.75) is 19.8 Å². The SMILES string of the molecule is CCCCNCCOc1ccc(Br)cc1Br. The molecule has 1 aromatic rings. The van der Waals surface area contributed by atoms with Crippen LogP contribution in [-0.4, -0.2) is 19.7 Å². The Morgan fingerprint density at radius 2 is 2.06 bits per heavy atom. The third-order valence-corrected chi connectivity index (χ3v) is 3.25. The van der Waals surface area contributed by atoms with Crippen LogP contribution >= 0.6 is 31.9 Å². The van der Waals surface area contributed by atoms with Crippen molar-refractivity contribution in [3.05, 3.63) is 27.1 Å². The number of hydrogen-bond acceptors (Lipinski definition) is 2. The molecule has 0 saturated heterocycles. The van der Waals surface area contributed by atoms with Gasteiger partial charge in [-0.15, -0.1) is 0 Å². The molecule has 16 heavy (non-hydrogen) atoms. The van der Waals surface area contributed by atoms with Gasteiger partial charge in [-0.1, -0.05) is 29.3 Å². The Balaban J connectivity index is 2.21. The molecule has 2 nitrogen and oxygen atoms in total. The van der Waals surface area contributed by atoms with Gasteiger partial charge in [0, 0.05) is 11.0 Å². The van der Waals surface area contributed by atoms with Crippen LogP contribution in [0.3, 0.4) is 0 Å². The molecule has 0 unspecified atom stereocenters. The van der Waals surface area contributed by atoms with Crippen LogP contribution in [0.25, 0.3) is 0 Å². The van der Waals surface area contributed by atoms with E-state index in [-0.39, 0.29) is 0 Å². The molecule has 0 atom stereocenters. The Morgan fingerprint density at radius 1 is 1.25 bits per heavy atom. The summed E-state index contributed by atoms with van der Waals surface area (Å²) in [5.74, 6) is 0.889. The lowest BCUT2D eigenvalue weighted by Crippen LogP contribution is -2.22. The van der Waals surface area contributed by atoms with Crippen molar-refractivity contribution in [3.8, 4) is 5.75 Å². The van der Waals surface area contributed by atoms with Crippen LogP contribution in [0.15, 0.2) is 27.1 Å². The minimum absolute atomic E-state index is 0.698. The minimum Gasteiger partial charge on any atom is -0.491 e. The van der Waals surface area contributed by atoms with Gasteiger partial charge in [0.25, 0.3) is 0 Å². The number of benzene rings is 1. The molecule has 0 heterocycles. The van der Waals surface area contributed by atoms with Gasteiger partial charge in [0.2, 0.25) is 0 Å².